The maximum atomic E-state index is 13.6. The first-order valence-corrected chi connectivity index (χ1v) is 27.0. The number of ether oxygens (including phenoxy) is 1. The monoisotopic (exact) mass is 998 g/mol. The summed E-state index contributed by atoms with van der Waals surface area (Å²) in [4.78, 5) is 57.0. The molecule has 2 amide bonds. The smallest absolute Gasteiger partial charge is 0.255 e. The van der Waals surface area contributed by atoms with E-state index in [1.54, 1.807) is 46.5 Å². The van der Waals surface area contributed by atoms with Crippen LogP contribution in [0.5, 0.6) is 0 Å². The van der Waals surface area contributed by atoms with Crippen molar-refractivity contribution in [3.8, 4) is 22.8 Å². The van der Waals surface area contributed by atoms with Crippen LogP contribution in [0.1, 0.15) is 58.3 Å². The van der Waals surface area contributed by atoms with E-state index in [-0.39, 0.29) is 30.6 Å². The summed E-state index contributed by atoms with van der Waals surface area (Å²) in [7, 11) is 6.27. The Labute approximate surface area is 413 Å². The number of amides is 2. The number of nitrogens with one attached hydrogen (secondary N) is 3. The molecule has 0 radical (unpaired) electrons. The third-order valence-electron chi connectivity index (χ3n) is 12.0. The number of hydrogen-bond donors (Lipinski definition) is 3. The lowest BCUT2D eigenvalue weighted by molar-refractivity contribution is 0.0889. The predicted octanol–water partition coefficient (Wildman–Crippen LogP) is 8.56. The quantitative estimate of drug-likeness (QED) is 0.0736. The summed E-state index contributed by atoms with van der Waals surface area (Å²) in [6.07, 6.45) is 13.8. The summed E-state index contributed by atoms with van der Waals surface area (Å²) in [5, 5.41) is 18.4. The molecule has 0 aliphatic carbocycles. The number of carbonyl (C=O) groups excluding carboxylic acids is 2. The van der Waals surface area contributed by atoms with E-state index >= 15 is 0 Å². The van der Waals surface area contributed by atoms with Gasteiger partial charge in [-0.25, -0.2) is 29.9 Å². The van der Waals surface area contributed by atoms with Crippen LogP contribution in [0.3, 0.4) is 0 Å². The fourth-order valence-corrected chi connectivity index (χ4v) is 9.35. The third kappa shape index (κ3) is 9.67. The molecule has 10 aromatic rings. The highest BCUT2D eigenvalue weighted by Gasteiger charge is 2.25. The number of hydrogen-bond acceptors (Lipinski definition) is 11. The number of rotatable bonds is 13. The molecule has 2 atom stereocenters. The second-order valence-electron chi connectivity index (χ2n) is 18.4. The minimum atomic E-state index is -1.23. The van der Waals surface area contributed by atoms with Crippen LogP contribution < -0.4 is 10.6 Å². The minimum absolute atomic E-state index is 0.258. The molecule has 70 heavy (non-hydrogen) atoms. The molecule has 0 bridgehead atoms. The molecule has 10 rings (SSSR count). The van der Waals surface area contributed by atoms with Gasteiger partial charge in [-0.15, -0.1) is 0 Å². The second kappa shape index (κ2) is 19.3. The zero-order valence-electron chi connectivity index (χ0n) is 40.2. The standard InChI is InChI=1S/C27H33ClN8O2Si.C21H19ClN8O/c1-17(25-29-9-10-34(25)2)31-27(37)20-15-36(16-38-11-12-39(4,5)6)26-24(20)32-21(14-30-26)23-19-8-7-18(28)13-22(19)35(3)33-23;1-11(20-23-6-7-29(20)2)26-21(31)14-9-24-19-18(14)27-15(10-25-19)17-13-5-4-12(22)8-16(13)30(3)28-17/h7-10,13-15,17H,11-12,16H2,1-6H3,(H,31,37);4-11H,1-3H3,(H,24,25)(H,26,31). The van der Waals surface area contributed by atoms with Crippen molar-refractivity contribution in [2.75, 3.05) is 6.61 Å². The topological polar surface area (TPSA) is 211 Å². The number of imidazole rings is 2. The van der Waals surface area contributed by atoms with Crippen LogP contribution in [0.4, 0.5) is 0 Å². The Morgan fingerprint density at radius 1 is 0.729 bits per heavy atom. The Morgan fingerprint density at radius 3 is 1.79 bits per heavy atom. The number of carbonyl (C=O) groups is 2. The number of nitrogens with zero attached hydrogens (tertiary/aromatic N) is 13. The summed E-state index contributed by atoms with van der Waals surface area (Å²) in [5.41, 5.74) is 7.16. The zero-order valence-corrected chi connectivity index (χ0v) is 42.7. The average Bonchev–Trinajstić information content (AvgIpc) is 4.19. The van der Waals surface area contributed by atoms with Crippen molar-refractivity contribution in [3.05, 3.63) is 119 Å². The van der Waals surface area contributed by atoms with Crippen LogP contribution in [0.2, 0.25) is 35.7 Å². The molecule has 2 unspecified atom stereocenters. The third-order valence-corrected chi connectivity index (χ3v) is 14.1. The van der Waals surface area contributed by atoms with Gasteiger partial charge in [0.2, 0.25) is 0 Å². The lowest BCUT2D eigenvalue weighted by Crippen LogP contribution is -2.28. The van der Waals surface area contributed by atoms with Crippen LogP contribution in [-0.4, -0.2) is 94.6 Å². The molecule has 8 aromatic heterocycles. The van der Waals surface area contributed by atoms with Gasteiger partial charge in [0.05, 0.1) is 46.6 Å². The normalized spacial score (nSPS) is 12.7. The minimum Gasteiger partial charge on any atom is -0.361 e. The first-order chi connectivity index (χ1) is 33.4. The second-order valence-corrected chi connectivity index (χ2v) is 24.9. The molecule has 0 aliphatic heterocycles. The fourth-order valence-electron chi connectivity index (χ4n) is 8.26. The molecule has 0 saturated heterocycles. The zero-order chi connectivity index (χ0) is 49.6. The van der Waals surface area contributed by atoms with E-state index in [1.165, 1.54) is 0 Å². The van der Waals surface area contributed by atoms with Crippen LogP contribution in [0.15, 0.2) is 86.0 Å². The molecule has 0 aliphatic rings. The molecule has 2 aromatic carbocycles. The van der Waals surface area contributed by atoms with Crippen molar-refractivity contribution in [2.24, 2.45) is 28.2 Å². The molecule has 8 heterocycles. The number of aromatic nitrogens is 14. The Hall–Kier alpha value is -7.26. The van der Waals surface area contributed by atoms with Gasteiger partial charge >= 0.3 is 0 Å². The summed E-state index contributed by atoms with van der Waals surface area (Å²) in [6, 6.07) is 11.7. The lowest BCUT2D eigenvalue weighted by atomic mass is 10.1. The molecule has 0 saturated carbocycles. The lowest BCUT2D eigenvalue weighted by Gasteiger charge is -2.15. The van der Waals surface area contributed by atoms with Gasteiger partial charge in [0.25, 0.3) is 11.8 Å². The number of halogens is 2. The Balaban J connectivity index is 0.000000178. The van der Waals surface area contributed by atoms with Crippen molar-refractivity contribution in [3.63, 3.8) is 0 Å². The van der Waals surface area contributed by atoms with Crippen LogP contribution in [0.25, 0.3) is 66.9 Å². The van der Waals surface area contributed by atoms with Gasteiger partial charge in [-0.2, -0.15) is 10.2 Å². The molecule has 3 N–H and O–H groups in total. The molecular formula is C48H52Cl2N16O3Si. The van der Waals surface area contributed by atoms with Gasteiger partial charge < -0.3 is 34.1 Å². The van der Waals surface area contributed by atoms with Gasteiger partial charge in [0.1, 0.15) is 52.2 Å². The summed E-state index contributed by atoms with van der Waals surface area (Å²) in [6.45, 7) is 11.7. The molecule has 360 valence electrons. The maximum Gasteiger partial charge on any atom is 0.255 e. The van der Waals surface area contributed by atoms with E-state index in [0.29, 0.717) is 72.9 Å². The first-order valence-electron chi connectivity index (χ1n) is 22.5. The van der Waals surface area contributed by atoms with Gasteiger partial charge in [-0.3, -0.25) is 19.0 Å². The Morgan fingerprint density at radius 2 is 1.26 bits per heavy atom. The average molecular weight is 1000 g/mol. The number of aromatic amines is 1. The maximum absolute atomic E-state index is 13.6. The van der Waals surface area contributed by atoms with Gasteiger partial charge in [0.15, 0.2) is 11.3 Å². The van der Waals surface area contributed by atoms with Gasteiger partial charge in [-0.05, 0) is 56.3 Å². The first kappa shape index (κ1) is 47.8. The summed E-state index contributed by atoms with van der Waals surface area (Å²) < 4.78 is 15.1. The number of H-pyrrole nitrogens is 1. The number of benzene rings is 2. The van der Waals surface area contributed by atoms with Crippen molar-refractivity contribution in [1.29, 1.82) is 0 Å². The van der Waals surface area contributed by atoms with Crippen molar-refractivity contribution >= 4 is 87.2 Å². The summed E-state index contributed by atoms with van der Waals surface area (Å²) >= 11 is 12.3. The largest absolute Gasteiger partial charge is 0.361 e. The SMILES string of the molecule is CC(NC(=O)c1c[nH]c2ncc(-c3nn(C)c4cc(Cl)ccc34)nc12)c1nccn1C.CC(NC(=O)c1cn(COCC[Si](C)(C)C)c2ncc(-c3nn(C)c4cc(Cl)ccc34)nc12)c1nccn1C. The van der Waals surface area contributed by atoms with E-state index in [4.69, 9.17) is 42.9 Å². The highest BCUT2D eigenvalue weighted by Crippen LogP contribution is 2.32. The predicted molar refractivity (Wildman–Crippen MR) is 273 cm³/mol. The van der Waals surface area contributed by atoms with Gasteiger partial charge in [-0.1, -0.05) is 42.8 Å². The van der Waals surface area contributed by atoms with E-state index in [9.17, 15) is 9.59 Å². The Kier molecular flexibility index (Phi) is 13.1. The molecular weight excluding hydrogens is 948 g/mol. The van der Waals surface area contributed by atoms with Crippen molar-refractivity contribution < 1.29 is 14.3 Å². The Bertz CT molecular complexity index is 3580. The highest BCUT2D eigenvalue weighted by atomic mass is 35.5. The summed E-state index contributed by atoms with van der Waals surface area (Å²) in [5.74, 6) is 0.997. The molecule has 0 fully saturated rings. The van der Waals surface area contributed by atoms with Gasteiger partial charge in [0, 0.05) is 101 Å². The highest BCUT2D eigenvalue weighted by molar-refractivity contribution is 6.76. The van der Waals surface area contributed by atoms with Crippen LogP contribution in [0, 0.1) is 0 Å². The number of aryl methyl sites for hydroxylation is 4. The van der Waals surface area contributed by atoms with E-state index in [2.05, 4.69) is 60.4 Å². The molecule has 19 nitrogen and oxygen atoms in total. The molecule has 22 heteroatoms. The van der Waals surface area contributed by atoms with Crippen molar-refractivity contribution in [1.82, 2.24) is 78.8 Å². The van der Waals surface area contributed by atoms with Crippen LogP contribution in [-0.2, 0) is 39.7 Å². The van der Waals surface area contributed by atoms with Crippen LogP contribution >= 0.6 is 23.2 Å². The van der Waals surface area contributed by atoms with E-state index < -0.39 is 8.07 Å². The van der Waals surface area contributed by atoms with Crippen molar-refractivity contribution in [2.45, 2.75) is 58.3 Å². The van der Waals surface area contributed by atoms with E-state index in [1.807, 2.05) is 105 Å². The van der Waals surface area contributed by atoms with E-state index in [0.717, 1.165) is 39.5 Å². The number of fused-ring (bicyclic) bond motifs is 4. The fraction of sp³-hybridized carbons (Fsp3) is 0.292. The molecule has 0 spiro atoms.